The molecule has 6 heteroatoms. The Morgan fingerprint density at radius 3 is 2.35 bits per heavy atom. The summed E-state index contributed by atoms with van der Waals surface area (Å²) >= 11 is 0. The summed E-state index contributed by atoms with van der Waals surface area (Å²) in [7, 11) is -4.28. The van der Waals surface area contributed by atoms with Crippen molar-refractivity contribution in [2.45, 2.75) is 23.1 Å². The number of carboxylic acid groups (broad SMARTS) is 1. The fourth-order valence-electron chi connectivity index (χ4n) is 2.33. The second kappa shape index (κ2) is 6.14. The van der Waals surface area contributed by atoms with Crippen molar-refractivity contribution in [2.75, 3.05) is 12.9 Å². The molecular weight excluding hydrogens is 316 g/mol. The maximum absolute atomic E-state index is 13.3. The molecule has 0 aliphatic rings. The van der Waals surface area contributed by atoms with Gasteiger partial charge in [0.1, 0.15) is 5.75 Å². The molecule has 2 aromatic carbocycles. The van der Waals surface area contributed by atoms with Crippen LogP contribution < -0.4 is 4.74 Å². The van der Waals surface area contributed by atoms with Crippen LogP contribution in [0.5, 0.6) is 5.75 Å². The van der Waals surface area contributed by atoms with Crippen molar-refractivity contribution in [3.63, 3.8) is 0 Å². The normalized spacial score (nSPS) is 13.1. The number of hydrogen-bond acceptors (Lipinski definition) is 3. The summed E-state index contributed by atoms with van der Waals surface area (Å²) in [5, 5.41) is 9.05. The minimum atomic E-state index is -4.28. The lowest BCUT2D eigenvalue weighted by Crippen LogP contribution is -2.31. The average Bonchev–Trinajstić information content (AvgIpc) is 2.49. The monoisotopic (exact) mass is 336 g/mol. The molecule has 0 spiro atoms. The van der Waals surface area contributed by atoms with Crippen LogP contribution >= 0.6 is 0 Å². The number of carboxylic acids is 1. The Kier molecular flexibility index (Phi) is 4.58. The van der Waals surface area contributed by atoms with Crippen LogP contribution in [0, 0.1) is 0 Å². The van der Waals surface area contributed by atoms with Crippen LogP contribution in [0.25, 0.3) is 0 Å². The Balaban J connectivity index is 2.59. The highest BCUT2D eigenvalue weighted by Gasteiger charge is 2.28. The van der Waals surface area contributed by atoms with Crippen LogP contribution in [0.1, 0.15) is 12.5 Å². The average molecular weight is 336 g/mol. The second-order valence-electron chi connectivity index (χ2n) is 5.37. The fraction of sp³-hybridized carbons (Fsp3) is 0.235. The van der Waals surface area contributed by atoms with Crippen LogP contribution in [0.2, 0.25) is 0 Å². The smallest absolute Gasteiger partial charge is 0.307 e. The third-order valence-electron chi connectivity index (χ3n) is 3.53. The summed E-state index contributed by atoms with van der Waals surface area (Å²) < 4.78 is 29.5. The lowest BCUT2D eigenvalue weighted by molar-refractivity contribution is -0.136. The van der Waals surface area contributed by atoms with Crippen molar-refractivity contribution in [3.05, 3.63) is 54.1 Å². The molecule has 0 fully saturated rings. The van der Waals surface area contributed by atoms with E-state index < -0.39 is 15.3 Å². The zero-order valence-electron chi connectivity index (χ0n) is 13.1. The van der Waals surface area contributed by atoms with Gasteiger partial charge in [-0.1, -0.05) is 18.2 Å². The van der Waals surface area contributed by atoms with Crippen molar-refractivity contribution in [1.29, 1.82) is 0 Å². The molecule has 0 saturated heterocycles. The number of carbonyl (C=O) groups is 1. The number of ether oxygens (including phenoxy) is 1. The fourth-order valence-corrected chi connectivity index (χ4v) is 4.21. The van der Waals surface area contributed by atoms with Crippen molar-refractivity contribution < 1.29 is 23.4 Å². The molecule has 0 radical (unpaired) electrons. The molecule has 23 heavy (non-hydrogen) atoms. The van der Waals surface area contributed by atoms with Crippen molar-refractivity contribution in [2.24, 2.45) is 0 Å². The predicted octanol–water partition coefficient (Wildman–Crippen LogP) is 3.05. The van der Waals surface area contributed by atoms with Gasteiger partial charge in [0.25, 0.3) is 0 Å². The van der Waals surface area contributed by atoms with Gasteiger partial charge in [-0.2, -0.15) is 4.21 Å². The first-order valence-electron chi connectivity index (χ1n) is 7.15. The highest BCUT2D eigenvalue weighted by molar-refractivity contribution is 8.14. The zero-order valence-corrected chi connectivity index (χ0v) is 13.9. The van der Waals surface area contributed by atoms with Crippen molar-refractivity contribution in [1.82, 2.24) is 0 Å². The summed E-state index contributed by atoms with van der Waals surface area (Å²) in [5.74, 6) is -0.616. The van der Waals surface area contributed by atoms with Gasteiger partial charge in [0, 0.05) is 11.8 Å². The van der Waals surface area contributed by atoms with E-state index in [1.54, 1.807) is 43.3 Å². The van der Waals surface area contributed by atoms with Crippen LogP contribution in [0.15, 0.2) is 58.3 Å². The molecular formula is C17H20O5S. The molecule has 0 aliphatic carbocycles. The third-order valence-corrected chi connectivity index (χ3v) is 6.27. The highest BCUT2D eigenvalue weighted by Crippen LogP contribution is 2.39. The highest BCUT2D eigenvalue weighted by atomic mass is 32.3. The first-order valence-corrected chi connectivity index (χ1v) is 9.48. The van der Waals surface area contributed by atoms with Gasteiger partial charge in [-0.15, -0.1) is 9.35 Å². The van der Waals surface area contributed by atoms with Crippen molar-refractivity contribution in [3.8, 4) is 5.75 Å². The summed E-state index contributed by atoms with van der Waals surface area (Å²) in [6, 6.07) is 12.8. The van der Waals surface area contributed by atoms with Gasteiger partial charge in [-0.3, -0.25) is 9.35 Å². The van der Waals surface area contributed by atoms with E-state index in [2.05, 4.69) is 0 Å². The minimum absolute atomic E-state index is 0.174. The summed E-state index contributed by atoms with van der Waals surface area (Å²) in [4.78, 5) is 11.5. The second-order valence-corrected chi connectivity index (χ2v) is 8.88. The molecule has 0 aliphatic heterocycles. The number of benzene rings is 2. The molecule has 5 nitrogen and oxygen atoms in total. The van der Waals surface area contributed by atoms with E-state index in [0.29, 0.717) is 17.9 Å². The molecule has 0 unspecified atom stereocenters. The van der Waals surface area contributed by atoms with Crippen LogP contribution in [-0.2, 0) is 20.6 Å². The van der Waals surface area contributed by atoms with Crippen LogP contribution in [0.3, 0.4) is 0 Å². The van der Waals surface area contributed by atoms with E-state index in [9.17, 15) is 13.6 Å². The zero-order chi connectivity index (χ0) is 17.1. The lowest BCUT2D eigenvalue weighted by Gasteiger charge is -2.39. The number of hydrogen-bond donors (Lipinski definition) is 2. The maximum Gasteiger partial charge on any atom is 0.307 e. The summed E-state index contributed by atoms with van der Waals surface area (Å²) in [6.45, 7) is 2.18. The minimum Gasteiger partial charge on any atom is -0.494 e. The number of aliphatic carboxylic acids is 1. The van der Waals surface area contributed by atoms with Crippen LogP contribution in [0.4, 0.5) is 0 Å². The first kappa shape index (κ1) is 17.2. The Morgan fingerprint density at radius 1 is 1.13 bits per heavy atom. The van der Waals surface area contributed by atoms with E-state index >= 15 is 0 Å². The largest absolute Gasteiger partial charge is 0.494 e. The van der Waals surface area contributed by atoms with E-state index in [1.807, 2.05) is 0 Å². The Morgan fingerprint density at radius 2 is 1.78 bits per heavy atom. The van der Waals surface area contributed by atoms with E-state index in [1.165, 1.54) is 18.4 Å². The van der Waals surface area contributed by atoms with Gasteiger partial charge in [0.05, 0.1) is 22.8 Å². The molecule has 124 valence electrons. The standard InChI is InChI=1S/C17H20O5S/c1-3-22-16-10-9-15(11-13(16)12-17(18)19)23(2,20,21)14-7-5-4-6-8-14/h4-11H,3,12H2,1-2H3,(H,18,19)(H,20,21). The first-order chi connectivity index (χ1) is 10.7. The van der Waals surface area contributed by atoms with Gasteiger partial charge < -0.3 is 9.84 Å². The Hall–Kier alpha value is -2.18. The molecule has 0 heterocycles. The Bertz CT molecular complexity index is 777. The molecule has 2 aromatic rings. The molecule has 0 bridgehead atoms. The van der Waals surface area contributed by atoms with Gasteiger partial charge in [-0.25, -0.2) is 0 Å². The van der Waals surface area contributed by atoms with E-state index in [0.717, 1.165) is 0 Å². The maximum atomic E-state index is 13.3. The summed E-state index contributed by atoms with van der Waals surface area (Å²) in [5.41, 5.74) is 0.377. The Labute approximate surface area is 135 Å². The molecule has 0 atom stereocenters. The van der Waals surface area contributed by atoms with E-state index in [4.69, 9.17) is 9.84 Å². The van der Waals surface area contributed by atoms with Gasteiger partial charge >= 0.3 is 5.97 Å². The van der Waals surface area contributed by atoms with Gasteiger partial charge in [-0.05, 0) is 37.3 Å². The molecule has 0 saturated carbocycles. The molecule has 2 rings (SSSR count). The SMILES string of the molecule is CCOc1ccc(S(C)(=O)(O)c2ccccc2)cc1CC(=O)O. The lowest BCUT2D eigenvalue weighted by atomic mass is 10.1. The van der Waals surface area contributed by atoms with E-state index in [-0.39, 0.29) is 16.2 Å². The summed E-state index contributed by atoms with van der Waals surface area (Å²) in [6.07, 6.45) is 0.994. The molecule has 0 amide bonds. The molecule has 2 N–H and O–H groups in total. The van der Waals surface area contributed by atoms with Gasteiger partial charge in [0.15, 0.2) is 0 Å². The third kappa shape index (κ3) is 3.60. The van der Waals surface area contributed by atoms with Crippen LogP contribution in [-0.4, -0.2) is 32.7 Å². The molecule has 0 aromatic heterocycles. The predicted molar refractivity (Wildman–Crippen MR) is 88.6 cm³/mol. The van der Waals surface area contributed by atoms with Gasteiger partial charge in [0.2, 0.25) is 0 Å². The van der Waals surface area contributed by atoms with Crippen molar-refractivity contribution >= 4 is 15.3 Å². The quantitative estimate of drug-likeness (QED) is 0.847. The number of rotatable bonds is 6. The topological polar surface area (TPSA) is 83.8 Å².